The third-order valence-corrected chi connectivity index (χ3v) is 20.6. The predicted molar refractivity (Wildman–Crippen MR) is 140 cm³/mol. The fourth-order valence-electron chi connectivity index (χ4n) is 5.65. The van der Waals surface area contributed by atoms with Crippen LogP contribution in [0.2, 0.25) is 120 Å². The lowest BCUT2D eigenvalue weighted by Crippen LogP contribution is -2.55. The lowest BCUT2D eigenvalue weighted by atomic mass is 10.0. The van der Waals surface area contributed by atoms with Crippen molar-refractivity contribution in [3.05, 3.63) is 11.3 Å². The van der Waals surface area contributed by atoms with Crippen LogP contribution < -0.4 is 0 Å². The molecule has 0 amide bonds. The van der Waals surface area contributed by atoms with Crippen LogP contribution in [-0.2, 0) is 0 Å². The van der Waals surface area contributed by atoms with Crippen LogP contribution in [0.25, 0.3) is 0 Å². The minimum Gasteiger partial charge on any atom is -0.0887 e. The minimum atomic E-state index is -1.30. The first-order valence-electron chi connectivity index (χ1n) is 10.8. The summed E-state index contributed by atoms with van der Waals surface area (Å²) in [6, 6.07) is 0. The normalized spacial score (nSPS) is 29.6. The van der Waals surface area contributed by atoms with E-state index in [4.69, 9.17) is 0 Å². The van der Waals surface area contributed by atoms with E-state index in [2.05, 4.69) is 104 Å². The molecule has 4 unspecified atom stereocenters. The second-order valence-electron chi connectivity index (χ2n) is 14.4. The third-order valence-electron chi connectivity index (χ3n) is 6.63. The van der Waals surface area contributed by atoms with Crippen molar-refractivity contribution in [1.29, 1.82) is 0 Å². The molecule has 0 bridgehead atoms. The molecule has 1 aliphatic carbocycles. The summed E-state index contributed by atoms with van der Waals surface area (Å²) in [5.74, 6) is 0. The molecule has 0 aliphatic heterocycles. The van der Waals surface area contributed by atoms with E-state index >= 15 is 0 Å². The molecule has 0 fully saturated rings. The van der Waals surface area contributed by atoms with Crippen molar-refractivity contribution >= 4 is 40.4 Å². The zero-order valence-corrected chi connectivity index (χ0v) is 25.9. The Hall–Kier alpha value is 0.824. The Morgan fingerprint density at radius 2 is 0.885 bits per heavy atom. The highest BCUT2D eigenvalue weighted by Crippen LogP contribution is 2.65. The van der Waals surface area contributed by atoms with Gasteiger partial charge in [0.25, 0.3) is 0 Å². The van der Waals surface area contributed by atoms with Crippen LogP contribution in [0, 0.1) is 0 Å². The van der Waals surface area contributed by atoms with Gasteiger partial charge in [-0.05, 0) is 22.2 Å². The maximum Gasteiger partial charge on any atom is 0.0720 e. The van der Waals surface area contributed by atoms with Gasteiger partial charge in [0, 0.05) is 16.1 Å². The molecule has 26 heavy (non-hydrogen) atoms. The topological polar surface area (TPSA) is 0 Å². The van der Waals surface area contributed by atoms with Gasteiger partial charge in [0.1, 0.15) is 0 Å². The van der Waals surface area contributed by atoms with Crippen molar-refractivity contribution < 1.29 is 0 Å². The first-order chi connectivity index (χ1) is 11.1. The van der Waals surface area contributed by atoms with Crippen LogP contribution in [0.15, 0.2) is 11.3 Å². The van der Waals surface area contributed by atoms with Gasteiger partial charge in [0.15, 0.2) is 0 Å². The molecule has 0 N–H and O–H groups in total. The monoisotopic (exact) mass is 442 g/mol. The Kier molecular flexibility index (Phi) is 6.94. The van der Waals surface area contributed by atoms with E-state index in [-0.39, 0.29) is 0 Å². The molecule has 1 rings (SSSR count). The Bertz CT molecular complexity index is 529. The Balaban J connectivity index is 3.92. The smallest absolute Gasteiger partial charge is 0.0720 e. The zero-order valence-electron chi connectivity index (χ0n) is 20.9. The largest absolute Gasteiger partial charge is 0.0887 e. The summed E-state index contributed by atoms with van der Waals surface area (Å²) >= 11 is 0. The molecular weight excluding hydrogens is 393 g/mol. The van der Waals surface area contributed by atoms with Crippen molar-refractivity contribution in [2.45, 2.75) is 120 Å². The first-order valence-corrected chi connectivity index (χ1v) is 28.6. The molecular formula is C21H50Si5. The molecule has 0 aromatic carbocycles. The standard InChI is InChI=1S/C21H50Si5/c1-22(2,3)17-16-18(23(4,5)6)20(25(10,11)12)21(26(13,14)15)19(17)24(7,8)9/h16-17,19-21H,1-15H3. The molecule has 0 aromatic heterocycles. The lowest BCUT2D eigenvalue weighted by molar-refractivity contribution is 0.642. The van der Waals surface area contributed by atoms with Crippen LogP contribution in [-0.4, -0.2) is 40.4 Å². The molecule has 0 saturated carbocycles. The maximum absolute atomic E-state index is 2.95. The van der Waals surface area contributed by atoms with Crippen molar-refractivity contribution in [3.8, 4) is 0 Å². The zero-order chi connectivity index (χ0) is 21.1. The van der Waals surface area contributed by atoms with Gasteiger partial charge in [-0.3, -0.25) is 0 Å². The highest BCUT2D eigenvalue weighted by atomic mass is 28.3. The summed E-state index contributed by atoms with van der Waals surface area (Å²) in [6.07, 6.45) is 2.95. The van der Waals surface area contributed by atoms with Crippen LogP contribution in [0.5, 0.6) is 0 Å². The highest BCUT2D eigenvalue weighted by molar-refractivity contribution is 6.93. The molecule has 0 radical (unpaired) electrons. The van der Waals surface area contributed by atoms with Crippen molar-refractivity contribution in [2.24, 2.45) is 0 Å². The fourth-order valence-corrected chi connectivity index (χ4v) is 28.9. The van der Waals surface area contributed by atoms with Gasteiger partial charge in [-0.25, -0.2) is 0 Å². The van der Waals surface area contributed by atoms with Gasteiger partial charge in [-0.15, -0.1) is 0 Å². The molecule has 154 valence electrons. The van der Waals surface area contributed by atoms with Gasteiger partial charge >= 0.3 is 0 Å². The SMILES string of the molecule is C[Si](C)(C)C1=CC([Si](C)(C)C)C([Si](C)(C)C)C([Si](C)(C)C)C1[Si](C)(C)C. The molecule has 4 atom stereocenters. The summed E-state index contributed by atoms with van der Waals surface area (Å²) in [7, 11) is -6.34. The third kappa shape index (κ3) is 5.45. The Morgan fingerprint density at radius 1 is 0.500 bits per heavy atom. The van der Waals surface area contributed by atoms with Crippen LogP contribution in [0.3, 0.4) is 0 Å². The molecule has 0 nitrogen and oxygen atoms in total. The molecule has 0 heterocycles. The van der Waals surface area contributed by atoms with Gasteiger partial charge in [-0.1, -0.05) is 109 Å². The summed E-state index contributed by atoms with van der Waals surface area (Å²) in [6.45, 7) is 40.0. The van der Waals surface area contributed by atoms with E-state index in [9.17, 15) is 0 Å². The lowest BCUT2D eigenvalue weighted by Gasteiger charge is -2.59. The van der Waals surface area contributed by atoms with E-state index in [0.29, 0.717) is 0 Å². The van der Waals surface area contributed by atoms with Crippen LogP contribution in [0.4, 0.5) is 0 Å². The van der Waals surface area contributed by atoms with Crippen molar-refractivity contribution in [2.75, 3.05) is 0 Å². The summed E-state index contributed by atoms with van der Waals surface area (Å²) in [5.41, 5.74) is 3.84. The Labute approximate surface area is 171 Å². The summed E-state index contributed by atoms with van der Waals surface area (Å²) < 4.78 is 0. The summed E-state index contributed by atoms with van der Waals surface area (Å²) in [5, 5.41) is 1.99. The predicted octanol–water partition coefficient (Wildman–Crippen LogP) is 8.64. The van der Waals surface area contributed by atoms with Gasteiger partial charge in [0.2, 0.25) is 0 Å². The molecule has 0 aromatic rings. The number of hydrogen-bond acceptors (Lipinski definition) is 0. The maximum atomic E-state index is 2.95. The fraction of sp³-hybridized carbons (Fsp3) is 0.905. The van der Waals surface area contributed by atoms with Gasteiger partial charge in [0.05, 0.1) is 24.2 Å². The first kappa shape index (κ1) is 24.9. The summed E-state index contributed by atoms with van der Waals surface area (Å²) in [4.78, 5) is 0. The van der Waals surface area contributed by atoms with E-state index in [1.165, 1.54) is 0 Å². The molecule has 5 heteroatoms. The van der Waals surface area contributed by atoms with Gasteiger partial charge in [-0.2, -0.15) is 0 Å². The number of allylic oxidation sites excluding steroid dienone is 2. The second kappa shape index (κ2) is 7.26. The van der Waals surface area contributed by atoms with Crippen LogP contribution >= 0.6 is 0 Å². The van der Waals surface area contributed by atoms with Gasteiger partial charge < -0.3 is 0 Å². The molecule has 1 aliphatic rings. The second-order valence-corrected chi connectivity index (χ2v) is 41.0. The average Bonchev–Trinajstić information content (AvgIpc) is 2.30. The Morgan fingerprint density at radius 3 is 1.12 bits per heavy atom. The molecule has 0 spiro atoms. The number of rotatable bonds is 5. The van der Waals surface area contributed by atoms with E-state index in [0.717, 1.165) is 22.2 Å². The minimum absolute atomic E-state index is 0.903. The van der Waals surface area contributed by atoms with E-state index in [1.54, 1.807) is 0 Å². The molecule has 0 saturated heterocycles. The van der Waals surface area contributed by atoms with E-state index < -0.39 is 40.4 Å². The quantitative estimate of drug-likeness (QED) is 0.373. The van der Waals surface area contributed by atoms with E-state index in [1.807, 2.05) is 5.20 Å². The van der Waals surface area contributed by atoms with Crippen molar-refractivity contribution in [3.63, 3.8) is 0 Å². The highest BCUT2D eigenvalue weighted by Gasteiger charge is 2.57. The van der Waals surface area contributed by atoms with Crippen LogP contribution in [0.1, 0.15) is 0 Å². The number of hydrogen-bond donors (Lipinski definition) is 0. The van der Waals surface area contributed by atoms with Crippen molar-refractivity contribution in [1.82, 2.24) is 0 Å². The average molecular weight is 443 g/mol.